The largest absolute Gasteiger partial charge is 0.479 e. The standard InChI is InChI=1S/C17H17ClN2O4/c1-3-19(13-7-5-4-6-8-13)17(21)12(2)24-16-10-9-14(20(22)23)11-15(16)18/h4-12H,3H2,1-2H3/t12-/m1/s1. The summed E-state index contributed by atoms with van der Waals surface area (Å²) in [6.07, 6.45) is -0.788. The van der Waals surface area contributed by atoms with Gasteiger partial charge >= 0.3 is 0 Å². The number of carbonyl (C=O) groups is 1. The quantitative estimate of drug-likeness (QED) is 0.582. The van der Waals surface area contributed by atoms with Crippen molar-refractivity contribution in [3.63, 3.8) is 0 Å². The molecule has 0 aromatic heterocycles. The highest BCUT2D eigenvalue weighted by Gasteiger charge is 2.23. The number of nitro groups is 1. The van der Waals surface area contributed by atoms with Gasteiger partial charge in [0.15, 0.2) is 6.10 Å². The lowest BCUT2D eigenvalue weighted by atomic mass is 10.2. The van der Waals surface area contributed by atoms with E-state index in [9.17, 15) is 14.9 Å². The Bertz CT molecular complexity index is 737. The van der Waals surface area contributed by atoms with Crippen LogP contribution in [-0.2, 0) is 4.79 Å². The second-order valence-corrected chi connectivity index (χ2v) is 5.46. The van der Waals surface area contributed by atoms with Crippen molar-refractivity contribution in [1.29, 1.82) is 0 Å². The van der Waals surface area contributed by atoms with Crippen LogP contribution in [0.1, 0.15) is 13.8 Å². The van der Waals surface area contributed by atoms with Crippen molar-refractivity contribution in [3.8, 4) is 5.75 Å². The predicted octanol–water partition coefficient (Wildman–Crippen LogP) is 4.07. The molecule has 7 heteroatoms. The summed E-state index contributed by atoms with van der Waals surface area (Å²) in [5.74, 6) is 0.00495. The Morgan fingerprint density at radius 3 is 2.50 bits per heavy atom. The first-order chi connectivity index (χ1) is 11.4. The van der Waals surface area contributed by atoms with E-state index in [-0.39, 0.29) is 22.4 Å². The van der Waals surface area contributed by atoms with E-state index >= 15 is 0 Å². The van der Waals surface area contributed by atoms with E-state index in [1.54, 1.807) is 11.8 Å². The molecule has 2 aromatic rings. The minimum absolute atomic E-state index is 0.0895. The minimum Gasteiger partial charge on any atom is -0.479 e. The number of hydrogen-bond acceptors (Lipinski definition) is 4. The number of ether oxygens (including phenoxy) is 1. The van der Waals surface area contributed by atoms with Crippen molar-refractivity contribution < 1.29 is 14.5 Å². The van der Waals surface area contributed by atoms with E-state index in [1.807, 2.05) is 37.3 Å². The number of non-ortho nitro benzene ring substituents is 1. The molecule has 0 fully saturated rings. The minimum atomic E-state index is -0.788. The zero-order chi connectivity index (χ0) is 17.7. The summed E-state index contributed by atoms with van der Waals surface area (Å²) >= 11 is 6.00. The summed E-state index contributed by atoms with van der Waals surface area (Å²) in [5.41, 5.74) is 0.640. The normalized spacial score (nSPS) is 11.6. The van der Waals surface area contributed by atoms with Crippen molar-refractivity contribution in [2.45, 2.75) is 20.0 Å². The Morgan fingerprint density at radius 1 is 1.29 bits per heavy atom. The Morgan fingerprint density at radius 2 is 1.96 bits per heavy atom. The average Bonchev–Trinajstić information content (AvgIpc) is 2.58. The molecule has 1 amide bonds. The van der Waals surface area contributed by atoms with Crippen LogP contribution in [0, 0.1) is 10.1 Å². The van der Waals surface area contributed by atoms with Crippen molar-refractivity contribution in [3.05, 3.63) is 63.7 Å². The third kappa shape index (κ3) is 4.02. The van der Waals surface area contributed by atoms with E-state index in [0.29, 0.717) is 6.54 Å². The molecule has 0 unspecified atom stereocenters. The third-order valence-electron chi connectivity index (χ3n) is 3.43. The van der Waals surface area contributed by atoms with Gasteiger partial charge in [-0.25, -0.2) is 0 Å². The van der Waals surface area contributed by atoms with Crippen LogP contribution < -0.4 is 9.64 Å². The third-order valence-corrected chi connectivity index (χ3v) is 3.72. The number of hydrogen-bond donors (Lipinski definition) is 0. The molecule has 0 aliphatic carbocycles. The smallest absolute Gasteiger partial charge is 0.271 e. The van der Waals surface area contributed by atoms with Crippen LogP contribution in [0.2, 0.25) is 5.02 Å². The highest BCUT2D eigenvalue weighted by molar-refractivity contribution is 6.32. The predicted molar refractivity (Wildman–Crippen MR) is 92.7 cm³/mol. The van der Waals surface area contributed by atoms with E-state index in [0.717, 1.165) is 5.69 Å². The Labute approximate surface area is 144 Å². The fourth-order valence-corrected chi connectivity index (χ4v) is 2.45. The van der Waals surface area contributed by atoms with Crippen LogP contribution >= 0.6 is 11.6 Å². The van der Waals surface area contributed by atoms with Crippen molar-refractivity contribution >= 4 is 28.9 Å². The molecule has 0 saturated heterocycles. The Kier molecular flexibility index (Phi) is 5.76. The average molecular weight is 349 g/mol. The lowest BCUT2D eigenvalue weighted by molar-refractivity contribution is -0.384. The van der Waals surface area contributed by atoms with E-state index in [4.69, 9.17) is 16.3 Å². The van der Waals surface area contributed by atoms with Gasteiger partial charge in [0.1, 0.15) is 5.75 Å². The van der Waals surface area contributed by atoms with Gasteiger partial charge in [-0.05, 0) is 32.0 Å². The maximum absolute atomic E-state index is 12.6. The van der Waals surface area contributed by atoms with Crippen molar-refractivity contribution in [1.82, 2.24) is 0 Å². The fourth-order valence-electron chi connectivity index (χ4n) is 2.23. The molecule has 0 heterocycles. The number of nitrogens with zero attached hydrogens (tertiary/aromatic N) is 2. The summed E-state index contributed by atoms with van der Waals surface area (Å²) in [6, 6.07) is 13.1. The zero-order valence-electron chi connectivity index (χ0n) is 13.3. The fraction of sp³-hybridized carbons (Fsp3) is 0.235. The first kappa shape index (κ1) is 17.7. The number of carbonyl (C=O) groups excluding carboxylic acids is 1. The number of rotatable bonds is 6. The van der Waals surface area contributed by atoms with Gasteiger partial charge in [0.25, 0.3) is 11.6 Å². The van der Waals surface area contributed by atoms with Crippen LogP contribution in [0.25, 0.3) is 0 Å². The lowest BCUT2D eigenvalue weighted by Crippen LogP contribution is -2.40. The lowest BCUT2D eigenvalue weighted by Gasteiger charge is -2.25. The van der Waals surface area contributed by atoms with Gasteiger partial charge in [0.05, 0.1) is 9.95 Å². The second-order valence-electron chi connectivity index (χ2n) is 5.05. The van der Waals surface area contributed by atoms with Gasteiger partial charge in [-0.1, -0.05) is 29.8 Å². The highest BCUT2D eigenvalue weighted by Crippen LogP contribution is 2.29. The molecule has 24 heavy (non-hydrogen) atoms. The molecule has 1 atom stereocenters. The van der Waals surface area contributed by atoms with Gasteiger partial charge < -0.3 is 9.64 Å². The Hall–Kier alpha value is -2.60. The molecule has 6 nitrogen and oxygen atoms in total. The number of halogens is 1. The maximum Gasteiger partial charge on any atom is 0.271 e. The molecular formula is C17H17ClN2O4. The van der Waals surface area contributed by atoms with Crippen LogP contribution in [0.3, 0.4) is 0 Å². The van der Waals surface area contributed by atoms with Crippen LogP contribution in [0.5, 0.6) is 5.75 Å². The van der Waals surface area contributed by atoms with Crippen LogP contribution in [0.15, 0.2) is 48.5 Å². The first-order valence-corrected chi connectivity index (χ1v) is 7.78. The molecule has 2 aromatic carbocycles. The molecular weight excluding hydrogens is 332 g/mol. The monoisotopic (exact) mass is 348 g/mol. The van der Waals surface area contributed by atoms with Gasteiger partial charge in [-0.15, -0.1) is 0 Å². The molecule has 0 aliphatic rings. The maximum atomic E-state index is 12.6. The number of benzene rings is 2. The molecule has 0 N–H and O–H groups in total. The van der Waals surface area contributed by atoms with Gasteiger partial charge in [0, 0.05) is 24.4 Å². The number of para-hydroxylation sites is 1. The molecule has 0 saturated carbocycles. The second kappa shape index (κ2) is 7.79. The van der Waals surface area contributed by atoms with Crippen molar-refractivity contribution in [2.24, 2.45) is 0 Å². The Balaban J connectivity index is 2.15. The molecule has 0 aliphatic heterocycles. The summed E-state index contributed by atoms with van der Waals surface area (Å²) in [6.45, 7) is 3.98. The van der Waals surface area contributed by atoms with Crippen LogP contribution in [-0.4, -0.2) is 23.5 Å². The number of nitro benzene ring substituents is 1. The van der Waals surface area contributed by atoms with Crippen molar-refractivity contribution in [2.75, 3.05) is 11.4 Å². The van der Waals surface area contributed by atoms with E-state index in [2.05, 4.69) is 0 Å². The zero-order valence-corrected chi connectivity index (χ0v) is 14.1. The molecule has 0 bridgehead atoms. The number of amides is 1. The SMILES string of the molecule is CCN(C(=O)[C@@H](C)Oc1ccc([N+](=O)[O-])cc1Cl)c1ccccc1. The topological polar surface area (TPSA) is 72.7 Å². The van der Waals surface area contributed by atoms with E-state index in [1.165, 1.54) is 18.2 Å². The summed E-state index contributed by atoms with van der Waals surface area (Å²) in [5, 5.41) is 10.8. The van der Waals surface area contributed by atoms with Gasteiger partial charge in [0.2, 0.25) is 0 Å². The molecule has 126 valence electrons. The van der Waals surface area contributed by atoms with E-state index < -0.39 is 11.0 Å². The summed E-state index contributed by atoms with van der Waals surface area (Å²) in [7, 11) is 0. The highest BCUT2D eigenvalue weighted by atomic mass is 35.5. The molecule has 0 radical (unpaired) electrons. The number of likely N-dealkylation sites (N-methyl/N-ethyl adjacent to an activating group) is 1. The number of anilines is 1. The van der Waals surface area contributed by atoms with Gasteiger partial charge in [-0.2, -0.15) is 0 Å². The molecule has 0 spiro atoms. The summed E-state index contributed by atoms with van der Waals surface area (Å²) in [4.78, 5) is 24.4. The van der Waals surface area contributed by atoms with Crippen LogP contribution in [0.4, 0.5) is 11.4 Å². The van der Waals surface area contributed by atoms with Gasteiger partial charge in [-0.3, -0.25) is 14.9 Å². The summed E-state index contributed by atoms with van der Waals surface area (Å²) < 4.78 is 5.60. The first-order valence-electron chi connectivity index (χ1n) is 7.41. The molecule has 2 rings (SSSR count).